The first kappa shape index (κ1) is 8.60. The molecule has 1 aromatic heterocycles. The number of hydrogen-bond acceptors (Lipinski definition) is 3. The smallest absolute Gasteiger partial charge is 0.314 e. The van der Waals surface area contributed by atoms with Gasteiger partial charge in [0, 0.05) is 0 Å². The van der Waals surface area contributed by atoms with E-state index in [4.69, 9.17) is 9.26 Å². The normalized spacial score (nSPS) is 16.2. The summed E-state index contributed by atoms with van der Waals surface area (Å²) in [6, 6.07) is 0. The van der Waals surface area contributed by atoms with Crippen LogP contribution < -0.4 is 4.74 Å². The molecule has 0 aromatic carbocycles. The Labute approximate surface area is 78.1 Å². The maximum atomic E-state index is 5.51. The molecule has 0 bridgehead atoms. The molecule has 0 atom stereocenters. The average molecular weight is 181 g/mol. The molecule has 3 heteroatoms. The quantitative estimate of drug-likeness (QED) is 0.715. The van der Waals surface area contributed by atoms with Crippen LogP contribution in [0.3, 0.4) is 0 Å². The Morgan fingerprint density at radius 2 is 2.31 bits per heavy atom. The third-order valence-electron chi connectivity index (χ3n) is 2.46. The lowest BCUT2D eigenvalue weighted by atomic mass is 10.2. The highest BCUT2D eigenvalue weighted by Crippen LogP contribution is 2.30. The summed E-state index contributed by atoms with van der Waals surface area (Å²) in [5.41, 5.74) is 2.06. The van der Waals surface area contributed by atoms with Gasteiger partial charge in [0.15, 0.2) is 0 Å². The first-order valence-electron chi connectivity index (χ1n) is 4.89. The molecule has 1 aliphatic rings. The van der Waals surface area contributed by atoms with Gasteiger partial charge < -0.3 is 9.26 Å². The summed E-state index contributed by atoms with van der Waals surface area (Å²) >= 11 is 0. The molecule has 72 valence electrons. The fraction of sp³-hybridized carbons (Fsp3) is 0.700. The highest BCUT2D eigenvalue weighted by Gasteiger charge is 2.23. The zero-order chi connectivity index (χ0) is 9.26. The van der Waals surface area contributed by atoms with Crippen molar-refractivity contribution in [3.8, 4) is 5.95 Å². The number of ether oxygens (including phenoxy) is 1. The van der Waals surface area contributed by atoms with Crippen molar-refractivity contribution in [1.82, 2.24) is 5.16 Å². The van der Waals surface area contributed by atoms with Crippen LogP contribution in [0, 0.1) is 12.8 Å². The highest BCUT2D eigenvalue weighted by atomic mass is 16.6. The molecule has 1 saturated carbocycles. The van der Waals surface area contributed by atoms with Gasteiger partial charge in [-0.25, -0.2) is 0 Å². The fourth-order valence-electron chi connectivity index (χ4n) is 1.29. The molecule has 0 saturated heterocycles. The van der Waals surface area contributed by atoms with Gasteiger partial charge in [-0.3, -0.25) is 0 Å². The Morgan fingerprint density at radius 1 is 1.54 bits per heavy atom. The van der Waals surface area contributed by atoms with Gasteiger partial charge in [0.2, 0.25) is 0 Å². The van der Waals surface area contributed by atoms with E-state index in [1.807, 2.05) is 6.92 Å². The first-order chi connectivity index (χ1) is 6.31. The Morgan fingerprint density at radius 3 is 2.85 bits per heavy atom. The Bertz CT molecular complexity index is 289. The molecule has 3 nitrogen and oxygen atoms in total. The number of rotatable bonds is 4. The van der Waals surface area contributed by atoms with E-state index in [9.17, 15) is 0 Å². The average Bonchev–Trinajstić information content (AvgIpc) is 2.89. The molecule has 1 aliphatic carbocycles. The van der Waals surface area contributed by atoms with Crippen LogP contribution in [0.15, 0.2) is 4.52 Å². The third kappa shape index (κ3) is 1.85. The summed E-state index contributed by atoms with van der Waals surface area (Å²) in [6.45, 7) is 4.85. The van der Waals surface area contributed by atoms with Crippen LogP contribution in [0.1, 0.15) is 31.0 Å². The second kappa shape index (κ2) is 3.40. The SMILES string of the molecule is CCc1noc(OCC2CC2)c1C. The maximum Gasteiger partial charge on any atom is 0.314 e. The van der Waals surface area contributed by atoms with E-state index in [1.165, 1.54) is 12.8 Å². The minimum atomic E-state index is 0.615. The Balaban J connectivity index is 1.97. The zero-order valence-electron chi connectivity index (χ0n) is 8.17. The monoisotopic (exact) mass is 181 g/mol. The molecule has 0 aliphatic heterocycles. The number of aryl methyl sites for hydroxylation is 1. The van der Waals surface area contributed by atoms with E-state index in [2.05, 4.69) is 12.1 Å². The van der Waals surface area contributed by atoms with Crippen LogP contribution in [0.2, 0.25) is 0 Å². The van der Waals surface area contributed by atoms with E-state index >= 15 is 0 Å². The van der Waals surface area contributed by atoms with Gasteiger partial charge in [-0.05, 0) is 32.1 Å². The van der Waals surface area contributed by atoms with E-state index in [0.29, 0.717) is 5.95 Å². The largest absolute Gasteiger partial charge is 0.463 e. The summed E-state index contributed by atoms with van der Waals surface area (Å²) < 4.78 is 10.6. The summed E-state index contributed by atoms with van der Waals surface area (Å²) in [5, 5.41) is 3.93. The van der Waals surface area contributed by atoms with Crippen LogP contribution in [0.25, 0.3) is 0 Å². The molecule has 0 N–H and O–H groups in total. The Hall–Kier alpha value is -0.990. The van der Waals surface area contributed by atoms with Crippen LogP contribution in [-0.4, -0.2) is 11.8 Å². The van der Waals surface area contributed by atoms with E-state index in [0.717, 1.165) is 30.2 Å². The van der Waals surface area contributed by atoms with Gasteiger partial charge in [-0.15, -0.1) is 0 Å². The molecule has 0 unspecified atom stereocenters. The van der Waals surface area contributed by atoms with Crippen molar-refractivity contribution in [3.63, 3.8) is 0 Å². The molecule has 13 heavy (non-hydrogen) atoms. The molecular weight excluding hydrogens is 166 g/mol. The lowest BCUT2D eigenvalue weighted by Gasteiger charge is -1.99. The minimum absolute atomic E-state index is 0.615. The van der Waals surface area contributed by atoms with Gasteiger partial charge >= 0.3 is 5.95 Å². The first-order valence-corrected chi connectivity index (χ1v) is 4.89. The third-order valence-corrected chi connectivity index (χ3v) is 2.46. The maximum absolute atomic E-state index is 5.51. The van der Waals surface area contributed by atoms with Gasteiger partial charge in [-0.2, -0.15) is 0 Å². The minimum Gasteiger partial charge on any atom is -0.463 e. The fourth-order valence-corrected chi connectivity index (χ4v) is 1.29. The van der Waals surface area contributed by atoms with Gasteiger partial charge in [0.05, 0.1) is 17.9 Å². The summed E-state index contributed by atoms with van der Waals surface area (Å²) in [5.74, 6) is 1.37. The molecule has 0 radical (unpaired) electrons. The molecule has 0 spiro atoms. The molecule has 2 rings (SSSR count). The van der Waals surface area contributed by atoms with E-state index < -0.39 is 0 Å². The predicted octanol–water partition coefficient (Wildman–Crippen LogP) is 2.33. The van der Waals surface area contributed by atoms with Crippen molar-refractivity contribution in [2.75, 3.05) is 6.61 Å². The van der Waals surface area contributed by atoms with Crippen molar-refractivity contribution in [2.24, 2.45) is 5.92 Å². The van der Waals surface area contributed by atoms with Crippen molar-refractivity contribution < 1.29 is 9.26 Å². The van der Waals surface area contributed by atoms with Crippen molar-refractivity contribution >= 4 is 0 Å². The van der Waals surface area contributed by atoms with Crippen molar-refractivity contribution in [1.29, 1.82) is 0 Å². The van der Waals surface area contributed by atoms with Crippen LogP contribution in [0.4, 0.5) is 0 Å². The van der Waals surface area contributed by atoms with E-state index in [1.54, 1.807) is 0 Å². The lowest BCUT2D eigenvalue weighted by Crippen LogP contribution is -1.99. The molecule has 0 amide bonds. The van der Waals surface area contributed by atoms with Gasteiger partial charge in [-0.1, -0.05) is 12.1 Å². The number of nitrogens with zero attached hydrogens (tertiary/aromatic N) is 1. The predicted molar refractivity (Wildman–Crippen MR) is 48.8 cm³/mol. The van der Waals surface area contributed by atoms with Gasteiger partial charge in [0.25, 0.3) is 0 Å². The van der Waals surface area contributed by atoms with Crippen molar-refractivity contribution in [3.05, 3.63) is 11.3 Å². The second-order valence-corrected chi connectivity index (χ2v) is 3.65. The number of hydrogen-bond donors (Lipinski definition) is 0. The zero-order valence-corrected chi connectivity index (χ0v) is 8.17. The van der Waals surface area contributed by atoms with Crippen LogP contribution >= 0.6 is 0 Å². The highest BCUT2D eigenvalue weighted by molar-refractivity contribution is 5.25. The Kier molecular flexibility index (Phi) is 2.25. The molecule has 1 heterocycles. The number of aromatic nitrogens is 1. The standard InChI is InChI=1S/C10H15NO2/c1-3-9-7(2)10(13-11-9)12-6-8-4-5-8/h8H,3-6H2,1-2H3. The summed E-state index contributed by atoms with van der Waals surface area (Å²) in [7, 11) is 0. The second-order valence-electron chi connectivity index (χ2n) is 3.65. The van der Waals surface area contributed by atoms with E-state index in [-0.39, 0.29) is 0 Å². The summed E-state index contributed by atoms with van der Waals surface area (Å²) in [6.07, 6.45) is 3.50. The molecular formula is C10H15NO2. The molecule has 1 aromatic rings. The van der Waals surface area contributed by atoms with Crippen LogP contribution in [0.5, 0.6) is 5.95 Å². The topological polar surface area (TPSA) is 35.3 Å². The lowest BCUT2D eigenvalue weighted by molar-refractivity contribution is 0.203. The molecule has 1 fully saturated rings. The van der Waals surface area contributed by atoms with Crippen LogP contribution in [-0.2, 0) is 6.42 Å². The van der Waals surface area contributed by atoms with Gasteiger partial charge in [0.1, 0.15) is 0 Å². The van der Waals surface area contributed by atoms with Crippen molar-refractivity contribution in [2.45, 2.75) is 33.1 Å². The summed E-state index contributed by atoms with van der Waals surface area (Å²) in [4.78, 5) is 0.